The van der Waals surface area contributed by atoms with Crippen molar-refractivity contribution in [1.29, 1.82) is 0 Å². The Balaban J connectivity index is 2.01. The van der Waals surface area contributed by atoms with Gasteiger partial charge in [-0.05, 0) is 12.8 Å². The highest BCUT2D eigenvalue weighted by Crippen LogP contribution is 2.27. The third-order valence-corrected chi connectivity index (χ3v) is 4.24. The molecule has 124 valence electrons. The van der Waals surface area contributed by atoms with E-state index in [2.05, 4.69) is 0 Å². The first kappa shape index (κ1) is 17.0. The van der Waals surface area contributed by atoms with Crippen molar-refractivity contribution in [3.05, 3.63) is 0 Å². The highest BCUT2D eigenvalue weighted by Gasteiger charge is 2.45. The third-order valence-electron chi connectivity index (χ3n) is 4.24. The third kappa shape index (κ3) is 3.36. The van der Waals surface area contributed by atoms with Gasteiger partial charge in [-0.2, -0.15) is 0 Å². The quantitative estimate of drug-likeness (QED) is 0.273. The fraction of sp³-hybridized carbons (Fsp3) is 1.00. The van der Waals surface area contributed by atoms with Gasteiger partial charge < -0.3 is 47.1 Å². The van der Waals surface area contributed by atoms with Crippen LogP contribution >= 0.6 is 0 Å². The van der Waals surface area contributed by atoms with Crippen LogP contribution in [-0.2, 0) is 9.47 Å². The van der Waals surface area contributed by atoms with Gasteiger partial charge in [0.1, 0.15) is 24.4 Å². The molecule has 2 fully saturated rings. The van der Waals surface area contributed by atoms with Crippen molar-refractivity contribution in [1.82, 2.24) is 0 Å². The van der Waals surface area contributed by atoms with Crippen molar-refractivity contribution < 1.29 is 29.9 Å². The van der Waals surface area contributed by atoms with E-state index in [-0.39, 0.29) is 6.54 Å². The maximum atomic E-state index is 9.98. The summed E-state index contributed by atoms with van der Waals surface area (Å²) < 4.78 is 11.0. The van der Waals surface area contributed by atoms with Gasteiger partial charge in [-0.15, -0.1) is 0 Å². The average Bonchev–Trinajstić information content (AvgIpc) is 2.48. The smallest absolute Gasteiger partial charge is 0.176 e. The maximum Gasteiger partial charge on any atom is 0.176 e. The molecule has 0 spiro atoms. The Kier molecular flexibility index (Phi) is 5.52. The minimum atomic E-state index is -1.25. The highest BCUT2D eigenvalue weighted by atomic mass is 16.7. The van der Waals surface area contributed by atoms with Gasteiger partial charge in [-0.1, -0.05) is 0 Å². The molecule has 0 bridgehead atoms. The molecule has 0 aromatic heterocycles. The van der Waals surface area contributed by atoms with Crippen LogP contribution in [0.3, 0.4) is 0 Å². The lowest BCUT2D eigenvalue weighted by molar-refractivity contribution is -0.285. The second-order valence-electron chi connectivity index (χ2n) is 5.73. The summed E-state index contributed by atoms with van der Waals surface area (Å²) in [6, 6.07) is -1.49. The summed E-state index contributed by atoms with van der Waals surface area (Å²) in [7, 11) is 0. The van der Waals surface area contributed by atoms with E-state index < -0.39 is 55.0 Å². The van der Waals surface area contributed by atoms with Crippen LogP contribution < -0.4 is 17.2 Å². The molecule has 1 saturated carbocycles. The average molecular weight is 307 g/mol. The van der Waals surface area contributed by atoms with E-state index >= 15 is 0 Å². The standard InChI is InChI=1S/C12H25N3O6/c13-3-6-10(18)11(19)7(15)12(21-6)20-5-2-1-4(14)8(16)9(5)17/h4-12,16-19H,1-3,13-15H2/t4-,5-,6-,7-,8+,9+,10-,11-,12+/m1/s1. The predicted molar refractivity (Wildman–Crippen MR) is 71.8 cm³/mol. The fourth-order valence-corrected chi connectivity index (χ4v) is 2.76. The lowest BCUT2D eigenvalue weighted by atomic mass is 9.88. The molecule has 0 unspecified atom stereocenters. The summed E-state index contributed by atoms with van der Waals surface area (Å²) in [5.74, 6) is 0. The zero-order chi connectivity index (χ0) is 15.7. The molecule has 9 heteroatoms. The zero-order valence-electron chi connectivity index (χ0n) is 11.7. The SMILES string of the molecule is NC[C@H]1O[C@H](O[C@@H]2CC[C@@H](N)[C@H](O)[C@H]2O)[C@H](N)[C@@H](O)[C@@H]1O. The molecule has 0 aromatic carbocycles. The highest BCUT2D eigenvalue weighted by molar-refractivity contribution is 4.95. The summed E-state index contributed by atoms with van der Waals surface area (Å²) in [5.41, 5.74) is 16.9. The molecule has 1 aliphatic heterocycles. The van der Waals surface area contributed by atoms with Crippen LogP contribution in [0.1, 0.15) is 12.8 Å². The van der Waals surface area contributed by atoms with Crippen LogP contribution in [0.5, 0.6) is 0 Å². The van der Waals surface area contributed by atoms with Crippen molar-refractivity contribution >= 4 is 0 Å². The molecular weight excluding hydrogens is 282 g/mol. The molecule has 9 atom stereocenters. The number of rotatable bonds is 3. The second-order valence-corrected chi connectivity index (χ2v) is 5.73. The summed E-state index contributed by atoms with van der Waals surface area (Å²) in [6.07, 6.45) is -6.33. The number of hydrogen-bond acceptors (Lipinski definition) is 9. The van der Waals surface area contributed by atoms with Gasteiger partial charge in [0.05, 0.1) is 18.2 Å². The fourth-order valence-electron chi connectivity index (χ4n) is 2.76. The minimum Gasteiger partial charge on any atom is -0.389 e. The van der Waals surface area contributed by atoms with Crippen LogP contribution in [-0.4, -0.2) is 82.0 Å². The summed E-state index contributed by atoms with van der Waals surface area (Å²) in [6.45, 7) is -0.00841. The van der Waals surface area contributed by atoms with Crippen molar-refractivity contribution in [3.8, 4) is 0 Å². The van der Waals surface area contributed by atoms with Crippen molar-refractivity contribution in [2.24, 2.45) is 17.2 Å². The van der Waals surface area contributed by atoms with Crippen LogP contribution in [0.25, 0.3) is 0 Å². The first-order chi connectivity index (χ1) is 9.86. The summed E-state index contributed by atoms with van der Waals surface area (Å²) >= 11 is 0. The van der Waals surface area contributed by atoms with Crippen molar-refractivity contribution in [3.63, 3.8) is 0 Å². The summed E-state index contributed by atoms with van der Waals surface area (Å²) in [5, 5.41) is 39.4. The molecule has 10 N–H and O–H groups in total. The van der Waals surface area contributed by atoms with Gasteiger partial charge in [0, 0.05) is 12.6 Å². The normalized spacial score (nSPS) is 51.9. The van der Waals surface area contributed by atoms with E-state index in [0.29, 0.717) is 12.8 Å². The topological polar surface area (TPSA) is 177 Å². The van der Waals surface area contributed by atoms with Crippen molar-refractivity contribution in [2.75, 3.05) is 6.54 Å². The molecular formula is C12H25N3O6. The van der Waals surface area contributed by atoms with Crippen LogP contribution in [0.4, 0.5) is 0 Å². The molecule has 0 radical (unpaired) electrons. The molecule has 9 nitrogen and oxygen atoms in total. The molecule has 0 amide bonds. The first-order valence-electron chi connectivity index (χ1n) is 7.11. The Bertz CT molecular complexity index is 347. The van der Waals surface area contributed by atoms with Gasteiger partial charge in [-0.3, -0.25) is 0 Å². The Morgan fingerprint density at radius 3 is 2.24 bits per heavy atom. The molecule has 21 heavy (non-hydrogen) atoms. The van der Waals surface area contributed by atoms with E-state index in [9.17, 15) is 20.4 Å². The van der Waals surface area contributed by atoms with Crippen molar-refractivity contribution in [2.45, 2.75) is 67.8 Å². The van der Waals surface area contributed by atoms with Crippen LogP contribution in [0.15, 0.2) is 0 Å². The Morgan fingerprint density at radius 1 is 0.952 bits per heavy atom. The molecule has 1 saturated heterocycles. The minimum absolute atomic E-state index is 0.00841. The van der Waals surface area contributed by atoms with E-state index in [4.69, 9.17) is 26.7 Å². The number of hydrogen-bond donors (Lipinski definition) is 7. The van der Waals surface area contributed by atoms with E-state index in [1.165, 1.54) is 0 Å². The Labute approximate surface area is 122 Å². The molecule has 1 heterocycles. The molecule has 0 aromatic rings. The van der Waals surface area contributed by atoms with Gasteiger partial charge in [0.2, 0.25) is 0 Å². The molecule has 2 rings (SSSR count). The monoisotopic (exact) mass is 307 g/mol. The summed E-state index contributed by atoms with van der Waals surface area (Å²) in [4.78, 5) is 0. The predicted octanol–water partition coefficient (Wildman–Crippen LogP) is -4.05. The van der Waals surface area contributed by atoms with E-state index in [0.717, 1.165) is 0 Å². The van der Waals surface area contributed by atoms with Gasteiger partial charge in [0.25, 0.3) is 0 Å². The largest absolute Gasteiger partial charge is 0.389 e. The number of nitrogens with two attached hydrogens (primary N) is 3. The lowest BCUT2D eigenvalue weighted by Gasteiger charge is -2.44. The van der Waals surface area contributed by atoms with Crippen LogP contribution in [0, 0.1) is 0 Å². The number of aliphatic hydroxyl groups is 4. The molecule has 2 aliphatic rings. The number of ether oxygens (including phenoxy) is 2. The lowest BCUT2D eigenvalue weighted by Crippen LogP contribution is -2.64. The zero-order valence-corrected chi connectivity index (χ0v) is 11.7. The maximum absolute atomic E-state index is 9.98. The van der Waals surface area contributed by atoms with E-state index in [1.807, 2.05) is 0 Å². The second kappa shape index (κ2) is 6.82. The Hall–Kier alpha value is -0.360. The molecule has 1 aliphatic carbocycles. The Morgan fingerprint density at radius 2 is 1.62 bits per heavy atom. The first-order valence-corrected chi connectivity index (χ1v) is 7.11. The van der Waals surface area contributed by atoms with Gasteiger partial charge in [0.15, 0.2) is 6.29 Å². The van der Waals surface area contributed by atoms with Gasteiger partial charge >= 0.3 is 0 Å². The van der Waals surface area contributed by atoms with Crippen LogP contribution in [0.2, 0.25) is 0 Å². The van der Waals surface area contributed by atoms with E-state index in [1.54, 1.807) is 0 Å². The van der Waals surface area contributed by atoms with Gasteiger partial charge in [-0.25, -0.2) is 0 Å². The number of aliphatic hydroxyl groups excluding tert-OH is 4.